The Kier molecular flexibility index (Phi) is 9.39. The molecule has 0 aliphatic carbocycles. The summed E-state index contributed by atoms with van der Waals surface area (Å²) >= 11 is 0. The summed E-state index contributed by atoms with van der Waals surface area (Å²) in [5, 5.41) is 6.62. The molecule has 2 rings (SSSR count). The summed E-state index contributed by atoms with van der Waals surface area (Å²) in [7, 11) is 3.49. The molecule has 0 amide bonds. The molecular weight excluding hydrogens is 403 g/mol. The molecule has 0 saturated heterocycles. The highest BCUT2D eigenvalue weighted by molar-refractivity contribution is 14.0. The Labute approximate surface area is 155 Å². The number of halogens is 1. The van der Waals surface area contributed by atoms with Crippen molar-refractivity contribution in [3.05, 3.63) is 59.9 Å². The van der Waals surface area contributed by atoms with Crippen molar-refractivity contribution in [2.24, 2.45) is 4.99 Å². The van der Waals surface area contributed by atoms with Gasteiger partial charge in [-0.15, -0.1) is 24.0 Å². The number of methoxy groups -OCH3 is 1. The zero-order valence-corrected chi connectivity index (χ0v) is 16.0. The Hall–Kier alpha value is -1.54. The lowest BCUT2D eigenvalue weighted by Crippen LogP contribution is -2.38. The van der Waals surface area contributed by atoms with E-state index in [0.29, 0.717) is 6.61 Å². The fourth-order valence-corrected chi connectivity index (χ4v) is 2.15. The first-order valence-electron chi connectivity index (χ1n) is 7.44. The third-order valence-electron chi connectivity index (χ3n) is 3.35. The van der Waals surface area contributed by atoms with Gasteiger partial charge in [0.15, 0.2) is 5.96 Å². The van der Waals surface area contributed by atoms with Crippen LogP contribution in [0.1, 0.15) is 11.1 Å². The van der Waals surface area contributed by atoms with E-state index in [-0.39, 0.29) is 24.0 Å². The number of hydrogen-bond acceptors (Lipinski definition) is 2. The highest BCUT2D eigenvalue weighted by Crippen LogP contribution is 2.05. The number of aliphatic imine (C=N–C) groups is 1. The highest BCUT2D eigenvalue weighted by Gasteiger charge is 1.99. The van der Waals surface area contributed by atoms with Crippen molar-refractivity contribution in [1.82, 2.24) is 15.2 Å². The van der Waals surface area contributed by atoms with Crippen LogP contribution in [0.4, 0.5) is 0 Å². The van der Waals surface area contributed by atoms with Gasteiger partial charge in [0.25, 0.3) is 0 Å². The van der Waals surface area contributed by atoms with Gasteiger partial charge in [-0.2, -0.15) is 0 Å². The molecule has 0 spiro atoms. The summed E-state index contributed by atoms with van der Waals surface area (Å²) < 4.78 is 7.25. The minimum atomic E-state index is 0. The summed E-state index contributed by atoms with van der Waals surface area (Å²) in [5.74, 6) is 0.813. The van der Waals surface area contributed by atoms with Crippen LogP contribution in [0, 0.1) is 0 Å². The lowest BCUT2D eigenvalue weighted by molar-refractivity contribution is 0.185. The van der Waals surface area contributed by atoms with Crippen molar-refractivity contribution in [2.75, 3.05) is 20.7 Å². The monoisotopic (exact) mass is 428 g/mol. The van der Waals surface area contributed by atoms with Gasteiger partial charge < -0.3 is 19.9 Å². The van der Waals surface area contributed by atoms with E-state index in [9.17, 15) is 0 Å². The van der Waals surface area contributed by atoms with Crippen LogP contribution in [-0.4, -0.2) is 31.2 Å². The largest absolute Gasteiger partial charge is 0.380 e. The second-order valence-corrected chi connectivity index (χ2v) is 5.02. The number of aromatic nitrogens is 1. The molecule has 6 heteroatoms. The van der Waals surface area contributed by atoms with Crippen LogP contribution in [-0.2, 0) is 24.4 Å². The molecule has 1 aromatic heterocycles. The van der Waals surface area contributed by atoms with Gasteiger partial charge in [0.1, 0.15) is 0 Å². The van der Waals surface area contributed by atoms with Crippen molar-refractivity contribution in [2.45, 2.75) is 19.7 Å². The van der Waals surface area contributed by atoms with Crippen molar-refractivity contribution < 1.29 is 4.74 Å². The first-order valence-corrected chi connectivity index (χ1v) is 7.44. The molecule has 0 bridgehead atoms. The molecule has 5 nitrogen and oxygen atoms in total. The van der Waals surface area contributed by atoms with Gasteiger partial charge in [0.05, 0.1) is 6.61 Å². The fraction of sp³-hybridized carbons (Fsp3) is 0.353. The Bertz CT molecular complexity index is 567. The summed E-state index contributed by atoms with van der Waals surface area (Å²) in [6.45, 7) is 3.15. The molecular formula is C17H25IN4O. The summed E-state index contributed by atoms with van der Waals surface area (Å²) in [4.78, 5) is 4.23. The van der Waals surface area contributed by atoms with E-state index >= 15 is 0 Å². The molecule has 1 heterocycles. The predicted octanol–water partition coefficient (Wildman–Crippen LogP) is 2.62. The molecule has 0 radical (unpaired) electrons. The predicted molar refractivity (Wildman–Crippen MR) is 105 cm³/mol. The zero-order valence-electron chi connectivity index (χ0n) is 13.7. The number of ether oxygens (including phenoxy) is 1. The SMILES string of the molecule is CN=C(NCCn1cccc1)NCc1ccc(COC)cc1.I. The maximum Gasteiger partial charge on any atom is 0.191 e. The van der Waals surface area contributed by atoms with Gasteiger partial charge in [0, 0.05) is 46.2 Å². The number of rotatable bonds is 7. The van der Waals surface area contributed by atoms with E-state index < -0.39 is 0 Å². The van der Waals surface area contributed by atoms with Crippen LogP contribution < -0.4 is 10.6 Å². The Morgan fingerprint density at radius 2 is 1.74 bits per heavy atom. The Morgan fingerprint density at radius 1 is 1.09 bits per heavy atom. The second kappa shape index (κ2) is 11.1. The van der Waals surface area contributed by atoms with Crippen molar-refractivity contribution >= 4 is 29.9 Å². The molecule has 23 heavy (non-hydrogen) atoms. The first-order chi connectivity index (χ1) is 10.8. The number of guanidine groups is 1. The summed E-state index contributed by atoms with van der Waals surface area (Å²) in [6, 6.07) is 12.4. The summed E-state index contributed by atoms with van der Waals surface area (Å²) in [5.41, 5.74) is 2.40. The zero-order chi connectivity index (χ0) is 15.6. The number of nitrogens with zero attached hydrogens (tertiary/aromatic N) is 2. The normalized spacial score (nSPS) is 11.0. The van der Waals surface area contributed by atoms with Crippen LogP contribution in [0.3, 0.4) is 0 Å². The van der Waals surface area contributed by atoms with Crippen molar-refractivity contribution in [3.8, 4) is 0 Å². The Morgan fingerprint density at radius 3 is 2.35 bits per heavy atom. The van der Waals surface area contributed by atoms with Gasteiger partial charge in [-0.05, 0) is 23.3 Å². The maximum atomic E-state index is 5.11. The third kappa shape index (κ3) is 7.04. The van der Waals surface area contributed by atoms with Gasteiger partial charge in [0.2, 0.25) is 0 Å². The Balaban J connectivity index is 0.00000264. The van der Waals surface area contributed by atoms with Gasteiger partial charge in [-0.25, -0.2) is 0 Å². The minimum Gasteiger partial charge on any atom is -0.380 e. The molecule has 1 aromatic carbocycles. The quantitative estimate of drug-likeness (QED) is 0.405. The molecule has 2 aromatic rings. The van der Waals surface area contributed by atoms with Crippen molar-refractivity contribution in [3.63, 3.8) is 0 Å². The molecule has 0 unspecified atom stereocenters. The van der Waals surface area contributed by atoms with Gasteiger partial charge in [-0.3, -0.25) is 4.99 Å². The fourth-order valence-electron chi connectivity index (χ4n) is 2.15. The molecule has 2 N–H and O–H groups in total. The molecule has 0 aliphatic heterocycles. The van der Waals surface area contributed by atoms with E-state index in [1.807, 2.05) is 12.1 Å². The molecule has 0 aliphatic rings. The lowest BCUT2D eigenvalue weighted by atomic mass is 10.1. The van der Waals surface area contributed by atoms with E-state index in [1.54, 1.807) is 14.2 Å². The minimum absolute atomic E-state index is 0. The molecule has 0 saturated carbocycles. The van der Waals surface area contributed by atoms with E-state index in [1.165, 1.54) is 11.1 Å². The average Bonchev–Trinajstić information content (AvgIpc) is 3.06. The smallest absolute Gasteiger partial charge is 0.191 e. The summed E-state index contributed by atoms with van der Waals surface area (Å²) in [6.07, 6.45) is 4.11. The number of nitrogens with one attached hydrogen (secondary N) is 2. The number of benzene rings is 1. The second-order valence-electron chi connectivity index (χ2n) is 5.02. The van der Waals surface area contributed by atoms with Crippen LogP contribution in [0.15, 0.2) is 53.8 Å². The van der Waals surface area contributed by atoms with Gasteiger partial charge in [-0.1, -0.05) is 24.3 Å². The number of hydrogen-bond donors (Lipinski definition) is 2. The van der Waals surface area contributed by atoms with Gasteiger partial charge >= 0.3 is 0 Å². The van der Waals surface area contributed by atoms with Crippen LogP contribution in [0.2, 0.25) is 0 Å². The van der Waals surface area contributed by atoms with Crippen molar-refractivity contribution in [1.29, 1.82) is 0 Å². The van der Waals surface area contributed by atoms with Crippen LogP contribution >= 0.6 is 24.0 Å². The lowest BCUT2D eigenvalue weighted by Gasteiger charge is -2.12. The van der Waals surface area contributed by atoms with E-state index in [4.69, 9.17) is 4.74 Å². The molecule has 0 atom stereocenters. The third-order valence-corrected chi connectivity index (χ3v) is 3.35. The van der Waals surface area contributed by atoms with Crippen LogP contribution in [0.5, 0.6) is 0 Å². The van der Waals surface area contributed by atoms with E-state index in [2.05, 4.69) is 56.9 Å². The standard InChI is InChI=1S/C17H24N4O.HI/c1-18-17(19-9-12-21-10-3-4-11-21)20-13-15-5-7-16(8-6-15)14-22-2;/h3-8,10-11H,9,12-14H2,1-2H3,(H2,18,19,20);1H. The van der Waals surface area contributed by atoms with Crippen LogP contribution in [0.25, 0.3) is 0 Å². The molecule has 126 valence electrons. The first kappa shape index (κ1) is 19.5. The maximum absolute atomic E-state index is 5.11. The topological polar surface area (TPSA) is 50.6 Å². The molecule has 0 fully saturated rings. The van der Waals surface area contributed by atoms with E-state index in [0.717, 1.165) is 25.6 Å². The highest BCUT2D eigenvalue weighted by atomic mass is 127. The average molecular weight is 428 g/mol.